The first-order valence-electron chi connectivity index (χ1n) is 13.2. The van der Waals surface area contributed by atoms with E-state index < -0.39 is 52.7 Å². The van der Waals surface area contributed by atoms with Crippen LogP contribution >= 0.6 is 9.47 Å². The van der Waals surface area contributed by atoms with Gasteiger partial charge in [-0.3, -0.25) is 4.79 Å². The Labute approximate surface area is 221 Å². The number of ether oxygens (including phenoxy) is 2. The SMILES string of the molecule is CC(=O)O[C@@H]1C2=C(C)[C@@H](O)C[C@@](O)(C(c3ccccc3)C3[C@@](C)([C@@H](OP)C[C@H]4OC[C@@]34C)[C@H]1O)C2(C)C. The van der Waals surface area contributed by atoms with E-state index in [4.69, 9.17) is 14.0 Å². The Morgan fingerprint density at radius 1 is 1.14 bits per heavy atom. The summed E-state index contributed by atoms with van der Waals surface area (Å²) < 4.78 is 18.0. The van der Waals surface area contributed by atoms with Crippen molar-refractivity contribution < 1.29 is 34.1 Å². The second-order valence-electron chi connectivity index (χ2n) is 12.7. The van der Waals surface area contributed by atoms with Gasteiger partial charge in [0.25, 0.3) is 0 Å². The second kappa shape index (κ2) is 8.84. The van der Waals surface area contributed by atoms with Gasteiger partial charge in [-0.25, -0.2) is 0 Å². The van der Waals surface area contributed by atoms with E-state index in [9.17, 15) is 20.1 Å². The molecule has 1 aromatic rings. The van der Waals surface area contributed by atoms with E-state index in [0.717, 1.165) is 5.56 Å². The lowest BCUT2D eigenvalue weighted by molar-refractivity contribution is -0.316. The number of benzene rings is 1. The molecule has 8 heteroatoms. The fraction of sp³-hybridized carbons (Fsp3) is 0.690. The van der Waals surface area contributed by atoms with E-state index >= 15 is 0 Å². The van der Waals surface area contributed by atoms with Gasteiger partial charge >= 0.3 is 5.97 Å². The fourth-order valence-electron chi connectivity index (χ4n) is 8.66. The number of carbonyl (C=O) groups is 1. The number of hydrogen-bond donors (Lipinski definition) is 3. The third-order valence-corrected chi connectivity index (χ3v) is 11.0. The Morgan fingerprint density at radius 2 is 1.78 bits per heavy atom. The zero-order valence-corrected chi connectivity index (χ0v) is 23.8. The minimum absolute atomic E-state index is 0.113. The van der Waals surface area contributed by atoms with E-state index in [1.165, 1.54) is 6.92 Å². The Hall–Kier alpha value is -1.34. The van der Waals surface area contributed by atoms with Crippen molar-refractivity contribution in [3.8, 4) is 0 Å². The van der Waals surface area contributed by atoms with Gasteiger partial charge in [0, 0.05) is 51.4 Å². The van der Waals surface area contributed by atoms with Crippen LogP contribution in [0.3, 0.4) is 0 Å². The zero-order chi connectivity index (χ0) is 27.1. The zero-order valence-electron chi connectivity index (χ0n) is 22.6. The van der Waals surface area contributed by atoms with Crippen molar-refractivity contribution in [2.45, 2.75) is 96.4 Å². The Kier molecular flexibility index (Phi) is 6.51. The van der Waals surface area contributed by atoms with Gasteiger partial charge in [-0.05, 0) is 29.6 Å². The highest BCUT2D eigenvalue weighted by Gasteiger charge is 2.74. The molecule has 4 aliphatic rings. The van der Waals surface area contributed by atoms with Gasteiger partial charge in [-0.15, -0.1) is 0 Å². The van der Waals surface area contributed by atoms with Crippen LogP contribution < -0.4 is 0 Å². The van der Waals surface area contributed by atoms with Crippen molar-refractivity contribution in [3.63, 3.8) is 0 Å². The maximum atomic E-state index is 13.0. The normalized spacial score (nSPS) is 46.6. The van der Waals surface area contributed by atoms with Crippen molar-refractivity contribution >= 4 is 15.4 Å². The fourth-order valence-corrected chi connectivity index (χ4v) is 9.07. The molecule has 7 nitrogen and oxygen atoms in total. The standard InChI is InChI=1S/C29H41O7P/c1-15-18(31)13-29(33)22(17-10-8-7-9-11-17)24-27(5)14-34-19(27)12-20(36-37)28(24,6)25(32)23(35-16(2)30)21(15)26(29,3)4/h7-11,18-20,22-25,31-33H,12-14,37H2,1-6H3/t18-,19+,20-,22?,23+,24?,25-,27+,28+,29+/m0/s1. The van der Waals surface area contributed by atoms with Gasteiger partial charge in [-0.2, -0.15) is 0 Å². The number of hydrogen-bond acceptors (Lipinski definition) is 7. The molecule has 5 rings (SSSR count). The van der Waals surface area contributed by atoms with Crippen LogP contribution in [0.5, 0.6) is 0 Å². The summed E-state index contributed by atoms with van der Waals surface area (Å²) in [6, 6.07) is 9.92. The van der Waals surface area contributed by atoms with Crippen molar-refractivity contribution in [2.24, 2.45) is 22.2 Å². The molecule has 11 atom stereocenters. The molecule has 3 fully saturated rings. The van der Waals surface area contributed by atoms with Crippen LogP contribution in [0.15, 0.2) is 41.5 Å². The summed E-state index contributed by atoms with van der Waals surface area (Å²) in [4.78, 5) is 12.5. The molecule has 204 valence electrons. The first-order valence-corrected chi connectivity index (χ1v) is 13.7. The molecule has 0 radical (unpaired) electrons. The lowest BCUT2D eigenvalue weighted by Crippen LogP contribution is -2.75. The van der Waals surface area contributed by atoms with Gasteiger partial charge in [0.05, 0.1) is 30.5 Å². The molecule has 0 spiro atoms. The molecule has 2 bridgehead atoms. The molecule has 1 saturated heterocycles. The highest BCUT2D eigenvalue weighted by Crippen LogP contribution is 2.70. The maximum Gasteiger partial charge on any atom is 0.303 e. The smallest absolute Gasteiger partial charge is 0.303 e. The summed E-state index contributed by atoms with van der Waals surface area (Å²) >= 11 is 0. The van der Waals surface area contributed by atoms with Crippen molar-refractivity contribution in [1.82, 2.24) is 0 Å². The molecule has 37 heavy (non-hydrogen) atoms. The number of fused-ring (bicyclic) bond motifs is 5. The summed E-state index contributed by atoms with van der Waals surface area (Å²) in [6.45, 7) is 11.7. The van der Waals surface area contributed by atoms with Gasteiger partial charge in [0.15, 0.2) is 6.10 Å². The molecule has 3 unspecified atom stereocenters. The summed E-state index contributed by atoms with van der Waals surface area (Å²) in [5, 5.41) is 36.8. The Balaban J connectivity index is 1.89. The van der Waals surface area contributed by atoms with Crippen molar-refractivity contribution in [3.05, 3.63) is 47.0 Å². The molecule has 0 aromatic heterocycles. The number of esters is 1. The summed E-state index contributed by atoms with van der Waals surface area (Å²) in [7, 11) is 2.36. The molecule has 1 aromatic carbocycles. The minimum Gasteiger partial charge on any atom is -0.455 e. The van der Waals surface area contributed by atoms with E-state index in [-0.39, 0.29) is 23.9 Å². The topological polar surface area (TPSA) is 105 Å². The third-order valence-electron chi connectivity index (χ3n) is 10.7. The van der Waals surface area contributed by atoms with Gasteiger partial charge in [0.2, 0.25) is 0 Å². The van der Waals surface area contributed by atoms with E-state index in [1.54, 1.807) is 0 Å². The molecular formula is C29H41O7P. The molecule has 3 N–H and O–H groups in total. The summed E-state index contributed by atoms with van der Waals surface area (Å²) in [5.74, 6) is -1.33. The van der Waals surface area contributed by atoms with Crippen LogP contribution in [0.4, 0.5) is 0 Å². The van der Waals surface area contributed by atoms with E-state index in [0.29, 0.717) is 24.2 Å². The van der Waals surface area contributed by atoms with Crippen molar-refractivity contribution in [1.29, 1.82) is 0 Å². The molecule has 1 aliphatic heterocycles. The molecule has 1 heterocycles. The molecular weight excluding hydrogens is 491 g/mol. The monoisotopic (exact) mass is 532 g/mol. The second-order valence-corrected chi connectivity index (χ2v) is 13.0. The van der Waals surface area contributed by atoms with Crippen molar-refractivity contribution in [2.75, 3.05) is 6.61 Å². The number of aliphatic hydroxyl groups excluding tert-OH is 2. The average molecular weight is 533 g/mol. The number of rotatable bonds is 3. The average Bonchev–Trinajstić information content (AvgIpc) is 2.83. The Bertz CT molecular complexity index is 1100. The third kappa shape index (κ3) is 3.51. The van der Waals surface area contributed by atoms with Crippen LogP contribution in [-0.2, 0) is 18.8 Å². The number of aliphatic hydroxyl groups is 3. The van der Waals surface area contributed by atoms with Gasteiger partial charge in [0.1, 0.15) is 6.10 Å². The Morgan fingerprint density at radius 3 is 2.32 bits per heavy atom. The minimum atomic E-state index is -1.43. The lowest BCUT2D eigenvalue weighted by atomic mass is 9.39. The van der Waals surface area contributed by atoms with Crippen LogP contribution in [0.25, 0.3) is 0 Å². The predicted molar refractivity (Wildman–Crippen MR) is 141 cm³/mol. The van der Waals surface area contributed by atoms with Crippen LogP contribution in [0.1, 0.15) is 65.9 Å². The summed E-state index contributed by atoms with van der Waals surface area (Å²) in [6.07, 6.45) is -3.03. The van der Waals surface area contributed by atoms with Gasteiger partial charge < -0.3 is 29.3 Å². The predicted octanol–water partition coefficient (Wildman–Crippen LogP) is 3.52. The largest absolute Gasteiger partial charge is 0.455 e. The highest BCUT2D eigenvalue weighted by molar-refractivity contribution is 7.09. The first kappa shape index (κ1) is 27.2. The molecule has 3 aliphatic carbocycles. The van der Waals surface area contributed by atoms with Gasteiger partial charge in [-0.1, -0.05) is 58.0 Å². The quantitative estimate of drug-likeness (QED) is 0.311. The highest BCUT2D eigenvalue weighted by atomic mass is 31.0. The number of carbonyl (C=O) groups excluding carboxylic acids is 1. The molecule has 2 saturated carbocycles. The van der Waals surface area contributed by atoms with E-state index in [2.05, 4.69) is 16.4 Å². The van der Waals surface area contributed by atoms with E-state index in [1.807, 2.05) is 58.0 Å². The van der Waals surface area contributed by atoms with Crippen LogP contribution in [-0.4, -0.2) is 64.0 Å². The van der Waals surface area contributed by atoms with Crippen LogP contribution in [0, 0.1) is 22.2 Å². The summed E-state index contributed by atoms with van der Waals surface area (Å²) in [5.41, 5.74) is -1.55. The lowest BCUT2D eigenvalue weighted by Gasteiger charge is -2.70. The van der Waals surface area contributed by atoms with Crippen LogP contribution in [0.2, 0.25) is 0 Å². The maximum absolute atomic E-state index is 13.0. The first-order chi connectivity index (χ1) is 17.2. The molecule has 0 amide bonds.